The van der Waals surface area contributed by atoms with Gasteiger partial charge in [0.05, 0.1) is 20.6 Å². The van der Waals surface area contributed by atoms with Crippen molar-refractivity contribution in [3.63, 3.8) is 0 Å². The number of anilines is 1. The highest BCUT2D eigenvalue weighted by Crippen LogP contribution is 2.29. The van der Waals surface area contributed by atoms with Crippen LogP contribution >= 0.6 is 23.2 Å². The maximum atomic E-state index is 14.4. The van der Waals surface area contributed by atoms with Crippen LogP contribution in [0.25, 0.3) is 0 Å². The average Bonchev–Trinajstić information content (AvgIpc) is 3.02. The number of carbonyl (C=O) groups is 2. The van der Waals surface area contributed by atoms with Gasteiger partial charge in [-0.3, -0.25) is 13.9 Å². The zero-order valence-corrected chi connectivity index (χ0v) is 27.9. The van der Waals surface area contributed by atoms with Crippen molar-refractivity contribution in [1.82, 2.24) is 10.2 Å². The minimum atomic E-state index is -4.15. The summed E-state index contributed by atoms with van der Waals surface area (Å²) in [6, 6.07) is 18.1. The van der Waals surface area contributed by atoms with Gasteiger partial charge in [-0.25, -0.2) is 8.42 Å². The van der Waals surface area contributed by atoms with Crippen molar-refractivity contribution in [3.05, 3.63) is 93.5 Å². The number of aryl methyl sites for hydroxylation is 2. The SMILES string of the molecule is CCc1ccccc1N(CC(=O)N(Cc1ccc(Cl)c(Cl)c1)[C@H](CC)C(=O)NC1CCCCC1)S(=O)(=O)c1ccc(C)cc1. The van der Waals surface area contributed by atoms with Crippen molar-refractivity contribution in [2.24, 2.45) is 0 Å². The van der Waals surface area contributed by atoms with Gasteiger partial charge in [-0.05, 0) is 74.1 Å². The summed E-state index contributed by atoms with van der Waals surface area (Å²) in [4.78, 5) is 29.7. The summed E-state index contributed by atoms with van der Waals surface area (Å²) >= 11 is 12.5. The van der Waals surface area contributed by atoms with Crippen LogP contribution in [0.1, 0.15) is 69.1 Å². The summed E-state index contributed by atoms with van der Waals surface area (Å²) in [6.07, 6.45) is 5.97. The van der Waals surface area contributed by atoms with E-state index < -0.39 is 28.5 Å². The zero-order chi connectivity index (χ0) is 31.9. The molecule has 3 aromatic carbocycles. The number of amides is 2. The fourth-order valence-corrected chi connectivity index (χ4v) is 7.48. The van der Waals surface area contributed by atoms with Gasteiger partial charge in [0.15, 0.2) is 0 Å². The molecule has 1 fully saturated rings. The first-order chi connectivity index (χ1) is 21.0. The monoisotopic (exact) mass is 657 g/mol. The fraction of sp³-hybridized carbons (Fsp3) is 0.412. The lowest BCUT2D eigenvalue weighted by Crippen LogP contribution is -2.54. The van der Waals surface area contributed by atoms with Crippen LogP contribution in [-0.2, 0) is 32.6 Å². The van der Waals surface area contributed by atoms with Gasteiger partial charge < -0.3 is 10.2 Å². The number of halogens is 2. The number of hydrogen-bond acceptors (Lipinski definition) is 4. The van der Waals surface area contributed by atoms with Gasteiger partial charge in [-0.1, -0.05) is 98.3 Å². The molecule has 1 saturated carbocycles. The number of carbonyl (C=O) groups excluding carboxylic acids is 2. The maximum Gasteiger partial charge on any atom is 0.264 e. The molecule has 1 aliphatic carbocycles. The van der Waals surface area contributed by atoms with Crippen LogP contribution in [0.2, 0.25) is 10.0 Å². The Morgan fingerprint density at radius 1 is 0.932 bits per heavy atom. The molecular formula is C34H41Cl2N3O4S. The summed E-state index contributed by atoms with van der Waals surface area (Å²) < 4.78 is 29.6. The molecule has 1 N–H and O–H groups in total. The molecule has 3 aromatic rings. The van der Waals surface area contributed by atoms with Crippen molar-refractivity contribution in [2.75, 3.05) is 10.8 Å². The van der Waals surface area contributed by atoms with Crippen LogP contribution in [0, 0.1) is 6.92 Å². The molecule has 236 valence electrons. The predicted molar refractivity (Wildman–Crippen MR) is 178 cm³/mol. The van der Waals surface area contributed by atoms with Crippen LogP contribution in [0.5, 0.6) is 0 Å². The third-order valence-electron chi connectivity index (χ3n) is 8.20. The Bertz CT molecular complexity index is 1560. The lowest BCUT2D eigenvalue weighted by molar-refractivity contribution is -0.140. The molecule has 0 bridgehead atoms. The molecule has 1 atom stereocenters. The second-order valence-corrected chi connectivity index (χ2v) is 14.0. The maximum absolute atomic E-state index is 14.4. The summed E-state index contributed by atoms with van der Waals surface area (Å²) in [5.41, 5.74) is 2.81. The fourth-order valence-electron chi connectivity index (χ4n) is 5.70. The molecule has 1 aliphatic rings. The second kappa shape index (κ2) is 15.3. The lowest BCUT2D eigenvalue weighted by Gasteiger charge is -2.35. The highest BCUT2D eigenvalue weighted by Gasteiger charge is 2.35. The number of rotatable bonds is 12. The van der Waals surface area contributed by atoms with E-state index in [2.05, 4.69) is 5.32 Å². The third-order valence-corrected chi connectivity index (χ3v) is 10.7. The molecular weight excluding hydrogens is 617 g/mol. The summed E-state index contributed by atoms with van der Waals surface area (Å²) in [5.74, 6) is -0.738. The first-order valence-corrected chi connectivity index (χ1v) is 17.5. The van der Waals surface area contributed by atoms with Gasteiger partial charge >= 0.3 is 0 Å². The van der Waals surface area contributed by atoms with E-state index in [0.29, 0.717) is 34.1 Å². The van der Waals surface area contributed by atoms with Crippen molar-refractivity contribution >= 4 is 50.7 Å². The van der Waals surface area contributed by atoms with E-state index in [1.165, 1.54) is 9.21 Å². The third kappa shape index (κ3) is 8.14. The Labute approximate surface area is 271 Å². The van der Waals surface area contributed by atoms with Crippen LogP contribution in [-0.4, -0.2) is 43.8 Å². The summed E-state index contributed by atoms with van der Waals surface area (Å²) in [5, 5.41) is 3.87. The normalized spacial score (nSPS) is 14.6. The number of hydrogen-bond donors (Lipinski definition) is 1. The standard InChI is InChI=1S/C34H41Cl2N3O4S/c1-4-26-11-9-10-14-32(26)39(44(42,43)28-18-15-24(3)16-19-28)23-33(40)38(22-25-17-20-29(35)30(36)21-25)31(5-2)34(41)37-27-12-7-6-8-13-27/h9-11,14-21,27,31H,4-8,12-13,22-23H2,1-3H3,(H,37,41)/t31-/m1/s1. The van der Waals surface area contributed by atoms with Crippen molar-refractivity contribution in [1.29, 1.82) is 0 Å². The Morgan fingerprint density at radius 2 is 1.61 bits per heavy atom. The van der Waals surface area contributed by atoms with Gasteiger partial charge in [0, 0.05) is 12.6 Å². The second-order valence-electron chi connectivity index (χ2n) is 11.3. The number of benzene rings is 3. The Morgan fingerprint density at radius 3 is 2.25 bits per heavy atom. The molecule has 0 aliphatic heterocycles. The van der Waals surface area contributed by atoms with Crippen LogP contribution in [0.3, 0.4) is 0 Å². The molecule has 0 aromatic heterocycles. The summed E-state index contributed by atoms with van der Waals surface area (Å²) in [6.45, 7) is 5.25. The van der Waals surface area contributed by atoms with E-state index in [1.807, 2.05) is 32.9 Å². The summed E-state index contributed by atoms with van der Waals surface area (Å²) in [7, 11) is -4.15. The van der Waals surface area contributed by atoms with E-state index in [9.17, 15) is 18.0 Å². The topological polar surface area (TPSA) is 86.8 Å². The smallest absolute Gasteiger partial charge is 0.264 e. The molecule has 0 unspecified atom stereocenters. The zero-order valence-electron chi connectivity index (χ0n) is 25.6. The first kappa shape index (κ1) is 33.8. The molecule has 44 heavy (non-hydrogen) atoms. The van der Waals surface area contributed by atoms with Gasteiger partial charge in [0.2, 0.25) is 11.8 Å². The van der Waals surface area contributed by atoms with Gasteiger partial charge in [-0.15, -0.1) is 0 Å². The number of nitrogens with one attached hydrogen (secondary N) is 1. The quantitative estimate of drug-likeness (QED) is 0.221. The molecule has 4 rings (SSSR count). The average molecular weight is 659 g/mol. The highest BCUT2D eigenvalue weighted by atomic mass is 35.5. The molecule has 10 heteroatoms. The Balaban J connectivity index is 1.74. The molecule has 0 saturated heterocycles. The number of sulfonamides is 1. The van der Waals surface area contributed by atoms with E-state index in [0.717, 1.165) is 43.2 Å². The minimum absolute atomic E-state index is 0.0557. The Kier molecular flexibility index (Phi) is 11.7. The van der Waals surface area contributed by atoms with Crippen LogP contribution < -0.4 is 9.62 Å². The molecule has 7 nitrogen and oxygen atoms in total. The predicted octanol–water partition coefficient (Wildman–Crippen LogP) is 7.32. The van der Waals surface area contributed by atoms with Crippen LogP contribution in [0.15, 0.2) is 71.6 Å². The van der Waals surface area contributed by atoms with E-state index >= 15 is 0 Å². The lowest BCUT2D eigenvalue weighted by atomic mass is 9.95. The first-order valence-electron chi connectivity index (χ1n) is 15.3. The van der Waals surface area contributed by atoms with Crippen LogP contribution in [0.4, 0.5) is 5.69 Å². The van der Waals surface area contributed by atoms with Crippen molar-refractivity contribution < 1.29 is 18.0 Å². The largest absolute Gasteiger partial charge is 0.352 e. The Hall–Kier alpha value is -3.07. The van der Waals surface area contributed by atoms with Gasteiger partial charge in [0.1, 0.15) is 12.6 Å². The van der Waals surface area contributed by atoms with E-state index in [1.54, 1.807) is 54.6 Å². The van der Waals surface area contributed by atoms with E-state index in [-0.39, 0.29) is 23.4 Å². The minimum Gasteiger partial charge on any atom is -0.352 e. The number of nitrogens with zero attached hydrogens (tertiary/aromatic N) is 2. The van der Waals surface area contributed by atoms with Crippen molar-refractivity contribution in [3.8, 4) is 0 Å². The number of para-hydroxylation sites is 1. The molecule has 2 amide bonds. The molecule has 0 radical (unpaired) electrons. The van der Waals surface area contributed by atoms with Gasteiger partial charge in [-0.2, -0.15) is 0 Å². The highest BCUT2D eigenvalue weighted by molar-refractivity contribution is 7.92. The van der Waals surface area contributed by atoms with Gasteiger partial charge in [0.25, 0.3) is 10.0 Å². The van der Waals surface area contributed by atoms with Crippen molar-refractivity contribution in [2.45, 2.75) is 89.2 Å². The van der Waals surface area contributed by atoms with E-state index in [4.69, 9.17) is 23.2 Å². The molecule has 0 spiro atoms. The molecule has 0 heterocycles.